The van der Waals surface area contributed by atoms with E-state index in [4.69, 9.17) is 4.42 Å². The maximum absolute atomic E-state index is 13.5. The summed E-state index contributed by atoms with van der Waals surface area (Å²) in [6.07, 6.45) is -2.09. The summed E-state index contributed by atoms with van der Waals surface area (Å²) in [6, 6.07) is 12.9. The van der Waals surface area contributed by atoms with Crippen LogP contribution in [-0.4, -0.2) is 42.4 Å². The Bertz CT molecular complexity index is 1620. The molecule has 4 aromatic rings. The number of furan rings is 1. The Hall–Kier alpha value is -3.77. The van der Waals surface area contributed by atoms with Gasteiger partial charge in [0.25, 0.3) is 10.0 Å². The lowest BCUT2D eigenvalue weighted by atomic mass is 10.0. The predicted molar refractivity (Wildman–Crippen MR) is 133 cm³/mol. The molecule has 1 atom stereocenters. The Balaban J connectivity index is 1.26. The van der Waals surface area contributed by atoms with Gasteiger partial charge in [-0.15, -0.1) is 13.2 Å². The average molecular weight is 563 g/mol. The first kappa shape index (κ1) is 26.8. The molecule has 1 saturated heterocycles. The van der Waals surface area contributed by atoms with Gasteiger partial charge in [0.1, 0.15) is 17.1 Å². The van der Waals surface area contributed by atoms with Gasteiger partial charge in [-0.1, -0.05) is 12.1 Å². The molecule has 204 valence electrons. The van der Waals surface area contributed by atoms with Crippen LogP contribution in [0.5, 0.6) is 5.75 Å². The van der Waals surface area contributed by atoms with Crippen molar-refractivity contribution in [3.05, 3.63) is 78.4 Å². The van der Waals surface area contributed by atoms with Crippen LogP contribution >= 0.6 is 0 Å². The summed E-state index contributed by atoms with van der Waals surface area (Å²) in [5.41, 5.74) is 2.13. The number of fused-ring (bicyclic) bond motifs is 1. The van der Waals surface area contributed by atoms with Gasteiger partial charge in [-0.05, 0) is 72.9 Å². The van der Waals surface area contributed by atoms with Gasteiger partial charge in [-0.2, -0.15) is 4.31 Å². The molecule has 0 amide bonds. The van der Waals surface area contributed by atoms with Gasteiger partial charge in [0.05, 0.1) is 6.04 Å². The molecule has 0 aliphatic carbocycles. The molecular formula is C27H22F4N2O5S. The highest BCUT2D eigenvalue weighted by molar-refractivity contribution is 7.89. The zero-order valence-electron chi connectivity index (χ0n) is 20.3. The lowest BCUT2D eigenvalue weighted by Gasteiger charge is -2.21. The van der Waals surface area contributed by atoms with Gasteiger partial charge in [-0.25, -0.2) is 12.8 Å². The summed E-state index contributed by atoms with van der Waals surface area (Å²) in [7, 11) is -4.12. The molecule has 12 heteroatoms. The molecule has 0 spiro atoms. The van der Waals surface area contributed by atoms with Gasteiger partial charge < -0.3 is 9.15 Å². The number of sulfonamides is 1. The highest BCUT2D eigenvalue weighted by Gasteiger charge is 2.40. The molecule has 3 heterocycles. The van der Waals surface area contributed by atoms with Crippen LogP contribution in [0.25, 0.3) is 22.1 Å². The minimum absolute atomic E-state index is 0.0385. The summed E-state index contributed by atoms with van der Waals surface area (Å²) < 4.78 is 87.8. The Morgan fingerprint density at radius 2 is 1.82 bits per heavy atom. The molecule has 0 radical (unpaired) electrons. The zero-order chi connectivity index (χ0) is 27.8. The molecule has 1 unspecified atom stereocenters. The first-order valence-corrected chi connectivity index (χ1v) is 13.5. The first-order chi connectivity index (χ1) is 18.5. The minimum Gasteiger partial charge on any atom is -0.443 e. The number of aryl methyl sites for hydroxylation is 1. The smallest absolute Gasteiger partial charge is 0.443 e. The monoisotopic (exact) mass is 562 g/mol. The van der Waals surface area contributed by atoms with Gasteiger partial charge in [0.2, 0.25) is 5.09 Å². The molecule has 1 aliphatic heterocycles. The normalized spacial score (nSPS) is 16.6. The van der Waals surface area contributed by atoms with Crippen molar-refractivity contribution in [3.8, 4) is 16.9 Å². The standard InChI is InChI=1S/C27H22F4N2O5S/c28-20-5-10-25-19(14-20)16-26(37-25)39(35,36)33-13-1-2-23(33)24(34)9-6-21-15-18(11-12-32-21)17-3-7-22(8-4-17)38-27(29,30)31/h3-5,7-8,10-12,14-16,23H,1-2,6,9,13H2. The second-order valence-corrected chi connectivity index (χ2v) is 10.9. The van der Waals surface area contributed by atoms with Crippen LogP contribution in [0.3, 0.4) is 0 Å². The summed E-state index contributed by atoms with van der Waals surface area (Å²) in [5.74, 6) is -1.12. The molecule has 0 bridgehead atoms. The molecule has 2 aromatic heterocycles. The maximum atomic E-state index is 13.5. The van der Waals surface area contributed by atoms with Crippen molar-refractivity contribution in [2.75, 3.05) is 6.54 Å². The highest BCUT2D eigenvalue weighted by atomic mass is 32.2. The maximum Gasteiger partial charge on any atom is 0.573 e. The minimum atomic E-state index is -4.78. The third-order valence-corrected chi connectivity index (χ3v) is 8.22. The Kier molecular flexibility index (Phi) is 7.17. The Morgan fingerprint density at radius 3 is 2.56 bits per heavy atom. The lowest BCUT2D eigenvalue weighted by molar-refractivity contribution is -0.274. The molecular weight excluding hydrogens is 540 g/mol. The highest BCUT2D eigenvalue weighted by Crippen LogP contribution is 2.32. The number of Topliss-reactive ketones (excluding diaryl/α,β-unsaturated/α-hetero) is 1. The van der Waals surface area contributed by atoms with Crippen molar-refractivity contribution in [2.24, 2.45) is 0 Å². The van der Waals surface area contributed by atoms with E-state index < -0.39 is 28.2 Å². The first-order valence-electron chi connectivity index (χ1n) is 12.0. The largest absolute Gasteiger partial charge is 0.573 e. The van der Waals surface area contributed by atoms with E-state index >= 15 is 0 Å². The van der Waals surface area contributed by atoms with Crippen molar-refractivity contribution >= 4 is 26.8 Å². The number of ketones is 1. The summed E-state index contributed by atoms with van der Waals surface area (Å²) >= 11 is 0. The molecule has 0 N–H and O–H groups in total. The quantitative estimate of drug-likeness (QED) is 0.249. The van der Waals surface area contributed by atoms with E-state index in [0.29, 0.717) is 35.0 Å². The van der Waals surface area contributed by atoms with E-state index in [0.717, 1.165) is 4.31 Å². The van der Waals surface area contributed by atoms with Gasteiger partial charge in [0.15, 0.2) is 5.78 Å². The molecule has 5 rings (SSSR count). The number of ether oxygens (including phenoxy) is 1. The fourth-order valence-electron chi connectivity index (χ4n) is 4.64. The lowest BCUT2D eigenvalue weighted by Crippen LogP contribution is -2.40. The van der Waals surface area contributed by atoms with Crippen LogP contribution in [-0.2, 0) is 21.2 Å². The zero-order valence-corrected chi connectivity index (χ0v) is 21.1. The van der Waals surface area contributed by atoms with Gasteiger partial charge >= 0.3 is 6.36 Å². The number of halogens is 4. The summed E-state index contributed by atoms with van der Waals surface area (Å²) in [5, 5.41) is -0.0343. The van der Waals surface area contributed by atoms with Crippen LogP contribution < -0.4 is 4.74 Å². The summed E-state index contributed by atoms with van der Waals surface area (Å²) in [4.78, 5) is 17.4. The molecule has 1 aliphatic rings. The molecule has 2 aromatic carbocycles. The van der Waals surface area contributed by atoms with E-state index in [2.05, 4.69) is 9.72 Å². The SMILES string of the molecule is O=C(CCc1cc(-c2ccc(OC(F)(F)F)cc2)ccn1)C1CCCN1S(=O)(=O)c1cc2cc(F)ccc2o1. The molecule has 1 fully saturated rings. The second kappa shape index (κ2) is 10.4. The average Bonchev–Trinajstić information content (AvgIpc) is 3.55. The number of nitrogens with zero attached hydrogens (tertiary/aromatic N) is 2. The van der Waals surface area contributed by atoms with Crippen molar-refractivity contribution in [1.82, 2.24) is 9.29 Å². The van der Waals surface area contributed by atoms with E-state index in [1.807, 2.05) is 0 Å². The van der Waals surface area contributed by atoms with E-state index in [9.17, 15) is 30.8 Å². The number of rotatable bonds is 8. The van der Waals surface area contributed by atoms with Crippen LogP contribution in [0, 0.1) is 5.82 Å². The number of alkyl halides is 3. The molecule has 0 saturated carbocycles. The fourth-order valence-corrected chi connectivity index (χ4v) is 6.27. The summed E-state index contributed by atoms with van der Waals surface area (Å²) in [6.45, 7) is 0.159. The third kappa shape index (κ3) is 5.96. The van der Waals surface area contributed by atoms with E-state index in [1.165, 1.54) is 54.7 Å². The second-order valence-electron chi connectivity index (χ2n) is 9.10. The number of hydrogen-bond donors (Lipinski definition) is 0. The number of carbonyl (C=O) groups is 1. The molecule has 39 heavy (non-hydrogen) atoms. The van der Waals surface area contributed by atoms with Crippen LogP contribution in [0.4, 0.5) is 17.6 Å². The number of pyridine rings is 1. The number of benzene rings is 2. The van der Waals surface area contributed by atoms with Crippen molar-refractivity contribution in [2.45, 2.75) is 43.2 Å². The fraction of sp³-hybridized carbons (Fsp3) is 0.259. The van der Waals surface area contributed by atoms with E-state index in [-0.39, 0.29) is 41.6 Å². The Morgan fingerprint density at radius 1 is 1.05 bits per heavy atom. The van der Waals surface area contributed by atoms with Crippen molar-refractivity contribution < 1.29 is 39.9 Å². The van der Waals surface area contributed by atoms with E-state index in [1.54, 1.807) is 12.1 Å². The van der Waals surface area contributed by atoms with Crippen LogP contribution in [0.1, 0.15) is 25.0 Å². The number of aromatic nitrogens is 1. The van der Waals surface area contributed by atoms with Crippen molar-refractivity contribution in [1.29, 1.82) is 0 Å². The predicted octanol–water partition coefficient (Wildman–Crippen LogP) is 5.89. The van der Waals surface area contributed by atoms with Crippen LogP contribution in [0.15, 0.2) is 76.4 Å². The van der Waals surface area contributed by atoms with Gasteiger partial charge in [-0.3, -0.25) is 9.78 Å². The number of hydrogen-bond acceptors (Lipinski definition) is 6. The Labute approximate surface area is 221 Å². The molecule has 7 nitrogen and oxygen atoms in total. The van der Waals surface area contributed by atoms with Gasteiger partial charge in [0, 0.05) is 36.3 Å². The van der Waals surface area contributed by atoms with Crippen molar-refractivity contribution in [3.63, 3.8) is 0 Å². The van der Waals surface area contributed by atoms with Crippen LogP contribution in [0.2, 0.25) is 0 Å². The topological polar surface area (TPSA) is 89.7 Å². The number of carbonyl (C=O) groups excluding carboxylic acids is 1. The third-order valence-electron chi connectivity index (χ3n) is 6.46.